The molecule has 0 aliphatic carbocycles. The molecule has 7 heteroatoms. The molecule has 0 radical (unpaired) electrons. The Bertz CT molecular complexity index is 906. The predicted molar refractivity (Wildman–Crippen MR) is 138 cm³/mol. The maximum Gasteiger partial charge on any atom is 0.217 e. The molecule has 0 heterocycles. The summed E-state index contributed by atoms with van der Waals surface area (Å²) in [4.78, 5) is 22.9. The predicted octanol–water partition coefficient (Wildman–Crippen LogP) is 4.81. The maximum atomic E-state index is 14.0. The van der Waals surface area contributed by atoms with Crippen molar-refractivity contribution in [3.05, 3.63) is 71.3 Å². The lowest BCUT2D eigenvalue weighted by molar-refractivity contribution is -0.119. The van der Waals surface area contributed by atoms with Crippen LogP contribution in [0.2, 0.25) is 0 Å². The molecule has 1 unspecified atom stereocenters. The van der Waals surface area contributed by atoms with E-state index in [4.69, 9.17) is 11.5 Å². The number of Topliss-reactive ketones (excluding diaryl/α,β-unsaturated/α-hetero) is 1. The van der Waals surface area contributed by atoms with E-state index in [1.165, 1.54) is 19.1 Å². The van der Waals surface area contributed by atoms with Crippen LogP contribution < -0.4 is 11.5 Å². The summed E-state index contributed by atoms with van der Waals surface area (Å²) in [6.45, 7) is 9.64. The third-order valence-corrected chi connectivity index (χ3v) is 6.60. The fourth-order valence-corrected chi connectivity index (χ4v) is 4.18. The average molecular weight is 490 g/mol. The van der Waals surface area contributed by atoms with Gasteiger partial charge in [-0.3, -0.25) is 9.59 Å². The van der Waals surface area contributed by atoms with Crippen LogP contribution in [-0.4, -0.2) is 42.8 Å². The molecule has 0 spiro atoms. The van der Waals surface area contributed by atoms with Gasteiger partial charge in [0.05, 0.1) is 6.04 Å². The van der Waals surface area contributed by atoms with Crippen molar-refractivity contribution >= 4 is 11.7 Å². The van der Waals surface area contributed by atoms with Gasteiger partial charge in [-0.15, -0.1) is 0 Å². The van der Waals surface area contributed by atoms with E-state index >= 15 is 0 Å². The van der Waals surface area contributed by atoms with Crippen LogP contribution in [0.3, 0.4) is 0 Å². The summed E-state index contributed by atoms with van der Waals surface area (Å²) in [6.07, 6.45) is 2.56. The molecule has 5 nitrogen and oxygen atoms in total. The van der Waals surface area contributed by atoms with Gasteiger partial charge in [-0.05, 0) is 74.7 Å². The van der Waals surface area contributed by atoms with E-state index in [-0.39, 0.29) is 29.8 Å². The number of hydrogen-bond acceptors (Lipinski definition) is 4. The van der Waals surface area contributed by atoms with Gasteiger partial charge in [-0.2, -0.15) is 0 Å². The second kappa shape index (κ2) is 14.7. The highest BCUT2D eigenvalue weighted by Gasteiger charge is 2.38. The summed E-state index contributed by atoms with van der Waals surface area (Å²) in [6, 6.07) is 13.0. The second-order valence-corrected chi connectivity index (χ2v) is 9.29. The van der Waals surface area contributed by atoms with Crippen molar-refractivity contribution < 1.29 is 18.4 Å². The lowest BCUT2D eigenvalue weighted by atomic mass is 9.65. The summed E-state index contributed by atoms with van der Waals surface area (Å²) >= 11 is 0. The van der Waals surface area contributed by atoms with E-state index < -0.39 is 17.4 Å². The minimum atomic E-state index is -0.535. The highest BCUT2D eigenvalue weighted by Crippen LogP contribution is 2.42. The number of carbonyl (C=O) groups is 2. The molecule has 0 aliphatic rings. The van der Waals surface area contributed by atoms with Crippen molar-refractivity contribution in [1.82, 2.24) is 4.90 Å². The zero-order valence-electron chi connectivity index (χ0n) is 21.7. The fourth-order valence-electron chi connectivity index (χ4n) is 4.18. The number of halogens is 2. The number of hydrogen-bond donors (Lipinski definition) is 2. The number of carbonyl (C=O) groups excluding carboxylic acids is 2. The van der Waals surface area contributed by atoms with Crippen molar-refractivity contribution in [3.63, 3.8) is 0 Å². The second-order valence-electron chi connectivity index (χ2n) is 9.29. The minimum absolute atomic E-state index is 0.110. The van der Waals surface area contributed by atoms with Gasteiger partial charge in [-0.25, -0.2) is 8.78 Å². The van der Waals surface area contributed by atoms with Crippen LogP contribution >= 0.6 is 0 Å². The maximum absolute atomic E-state index is 14.0. The molecule has 4 N–H and O–H groups in total. The van der Waals surface area contributed by atoms with Crippen molar-refractivity contribution in [2.75, 3.05) is 20.1 Å². The van der Waals surface area contributed by atoms with E-state index in [2.05, 4.69) is 32.7 Å². The lowest BCUT2D eigenvalue weighted by Crippen LogP contribution is -2.40. The fraction of sp³-hybridized carbons (Fsp3) is 0.500. The molecule has 2 aromatic carbocycles. The Labute approximate surface area is 208 Å². The number of amides is 1. The highest BCUT2D eigenvalue weighted by molar-refractivity contribution is 5.82. The third kappa shape index (κ3) is 9.49. The van der Waals surface area contributed by atoms with Gasteiger partial charge in [-0.1, -0.05) is 51.5 Å². The van der Waals surface area contributed by atoms with E-state index in [1.807, 2.05) is 12.1 Å². The summed E-state index contributed by atoms with van der Waals surface area (Å²) in [5.74, 6) is -0.776. The Kier molecular flexibility index (Phi) is 12.8. The Morgan fingerprint density at radius 2 is 1.51 bits per heavy atom. The van der Waals surface area contributed by atoms with Gasteiger partial charge < -0.3 is 16.4 Å². The SMILES string of the molecule is CC(=O)[C@@H](N)CCC(N)=O.CCCC(CN(C)CC)C(C)(c1cccc(F)c1)c1cccc(F)c1. The van der Waals surface area contributed by atoms with E-state index in [0.29, 0.717) is 6.42 Å². The normalized spacial score (nSPS) is 13.1. The first kappa shape index (κ1) is 30.4. The van der Waals surface area contributed by atoms with Crippen LogP contribution in [0.5, 0.6) is 0 Å². The number of ketones is 1. The Hall–Kier alpha value is -2.64. The van der Waals surface area contributed by atoms with E-state index in [0.717, 1.165) is 37.1 Å². The van der Waals surface area contributed by atoms with Gasteiger partial charge in [0.25, 0.3) is 0 Å². The molecule has 2 rings (SSSR count). The van der Waals surface area contributed by atoms with Gasteiger partial charge in [0.15, 0.2) is 0 Å². The van der Waals surface area contributed by atoms with Gasteiger partial charge >= 0.3 is 0 Å². The van der Waals surface area contributed by atoms with E-state index in [9.17, 15) is 18.4 Å². The van der Waals surface area contributed by atoms with Crippen molar-refractivity contribution in [2.24, 2.45) is 17.4 Å². The lowest BCUT2D eigenvalue weighted by Gasteiger charge is -2.41. The van der Waals surface area contributed by atoms with E-state index in [1.54, 1.807) is 24.3 Å². The molecule has 0 aromatic heterocycles. The van der Waals surface area contributed by atoms with Gasteiger partial charge in [0.2, 0.25) is 5.91 Å². The van der Waals surface area contributed by atoms with Crippen molar-refractivity contribution in [2.45, 2.75) is 64.8 Å². The highest BCUT2D eigenvalue weighted by atomic mass is 19.1. The quantitative estimate of drug-likeness (QED) is 0.448. The van der Waals surface area contributed by atoms with Crippen LogP contribution in [-0.2, 0) is 15.0 Å². The zero-order chi connectivity index (χ0) is 26.6. The molecule has 0 fully saturated rings. The number of rotatable bonds is 12. The standard InChI is InChI=1S/C22H29F2N.C6H12N2O2/c1-5-9-19(16-25(4)6-2)22(3,17-10-7-12-20(23)14-17)18-11-8-13-21(24)15-18;1-4(9)5(7)2-3-6(8)10/h7-8,10-15,19H,5-6,9,16H2,1-4H3;5H,2-3,7H2,1H3,(H2,8,10)/t;5-/m.0/s1. The summed E-state index contributed by atoms with van der Waals surface area (Å²) in [5.41, 5.74) is 11.5. The molecule has 194 valence electrons. The summed E-state index contributed by atoms with van der Waals surface area (Å²) in [7, 11) is 2.10. The molecular weight excluding hydrogens is 448 g/mol. The van der Waals surface area contributed by atoms with Crippen LogP contribution in [0.4, 0.5) is 8.78 Å². The molecule has 0 bridgehead atoms. The third-order valence-electron chi connectivity index (χ3n) is 6.60. The number of benzene rings is 2. The smallest absolute Gasteiger partial charge is 0.217 e. The number of primary amides is 1. The van der Waals surface area contributed by atoms with Crippen LogP contribution in [0.1, 0.15) is 64.5 Å². The first-order valence-corrected chi connectivity index (χ1v) is 12.2. The minimum Gasteiger partial charge on any atom is -0.370 e. The molecule has 2 atom stereocenters. The number of nitrogens with two attached hydrogens (primary N) is 2. The topological polar surface area (TPSA) is 89.4 Å². The average Bonchev–Trinajstić information content (AvgIpc) is 2.81. The molecule has 0 saturated carbocycles. The molecular formula is C28H41F2N3O2. The molecule has 0 saturated heterocycles. The van der Waals surface area contributed by atoms with Crippen LogP contribution in [0.15, 0.2) is 48.5 Å². The molecule has 2 aromatic rings. The summed E-state index contributed by atoms with van der Waals surface area (Å²) < 4.78 is 28.0. The summed E-state index contributed by atoms with van der Waals surface area (Å²) in [5, 5.41) is 0. The molecule has 35 heavy (non-hydrogen) atoms. The number of nitrogens with zero attached hydrogens (tertiary/aromatic N) is 1. The van der Waals surface area contributed by atoms with Crippen LogP contribution in [0, 0.1) is 17.6 Å². The van der Waals surface area contributed by atoms with Gasteiger partial charge in [0, 0.05) is 18.4 Å². The first-order chi connectivity index (χ1) is 16.4. The van der Waals surface area contributed by atoms with Crippen LogP contribution in [0.25, 0.3) is 0 Å². The van der Waals surface area contributed by atoms with Crippen molar-refractivity contribution in [1.29, 1.82) is 0 Å². The first-order valence-electron chi connectivity index (χ1n) is 12.2. The Morgan fingerprint density at radius 1 is 1.00 bits per heavy atom. The largest absolute Gasteiger partial charge is 0.370 e. The molecule has 1 amide bonds. The zero-order valence-corrected chi connectivity index (χ0v) is 21.7. The van der Waals surface area contributed by atoms with Gasteiger partial charge in [0.1, 0.15) is 17.4 Å². The molecule has 0 aliphatic heterocycles. The Morgan fingerprint density at radius 3 is 1.89 bits per heavy atom. The Balaban J connectivity index is 0.000000518. The van der Waals surface area contributed by atoms with Crippen molar-refractivity contribution in [3.8, 4) is 0 Å². The monoisotopic (exact) mass is 489 g/mol.